The quantitative estimate of drug-likeness (QED) is 0.432. The van der Waals surface area contributed by atoms with Crippen LogP contribution in [-0.2, 0) is 0 Å². The maximum absolute atomic E-state index is 10.6. The van der Waals surface area contributed by atoms with Crippen molar-refractivity contribution in [2.75, 3.05) is 14.1 Å². The van der Waals surface area contributed by atoms with E-state index in [-0.39, 0.29) is 5.69 Å². The van der Waals surface area contributed by atoms with Gasteiger partial charge in [0.15, 0.2) is 0 Å². The van der Waals surface area contributed by atoms with E-state index in [4.69, 9.17) is 0 Å². The van der Waals surface area contributed by atoms with Crippen LogP contribution in [0.2, 0.25) is 0 Å². The van der Waals surface area contributed by atoms with Crippen LogP contribution in [0.4, 0.5) is 5.69 Å². The molecule has 0 fully saturated rings. The predicted octanol–water partition coefficient (Wildman–Crippen LogP) is 1.88. The minimum atomic E-state index is -0.410. The van der Waals surface area contributed by atoms with Crippen LogP contribution in [0.25, 0.3) is 0 Å². The molecule has 0 spiro atoms. The number of benzene rings is 1. The zero-order chi connectivity index (χ0) is 11.4. The molecule has 15 heavy (non-hydrogen) atoms. The molecule has 0 unspecified atom stereocenters. The molecule has 1 rings (SSSR count). The third kappa shape index (κ3) is 3.05. The van der Waals surface area contributed by atoms with Gasteiger partial charge in [-0.2, -0.15) is 5.10 Å². The molecule has 0 saturated heterocycles. The molecule has 0 amide bonds. The van der Waals surface area contributed by atoms with Crippen LogP contribution in [0.1, 0.15) is 12.5 Å². The van der Waals surface area contributed by atoms with Gasteiger partial charge in [0.05, 0.1) is 10.6 Å². The van der Waals surface area contributed by atoms with E-state index in [1.807, 2.05) is 6.92 Å². The Balaban J connectivity index is 3.05. The van der Waals surface area contributed by atoms with Crippen LogP contribution in [0.3, 0.4) is 0 Å². The largest absolute Gasteiger partial charge is 0.303 e. The van der Waals surface area contributed by atoms with Gasteiger partial charge in [-0.3, -0.25) is 10.1 Å². The lowest BCUT2D eigenvalue weighted by atomic mass is 10.1. The number of nitro groups is 1. The van der Waals surface area contributed by atoms with Gasteiger partial charge in [0.25, 0.3) is 5.69 Å². The second-order valence-corrected chi connectivity index (χ2v) is 3.34. The molecule has 0 bridgehead atoms. The van der Waals surface area contributed by atoms with E-state index < -0.39 is 4.92 Å². The van der Waals surface area contributed by atoms with Crippen LogP contribution in [-0.4, -0.2) is 29.7 Å². The topological polar surface area (TPSA) is 58.7 Å². The Morgan fingerprint density at radius 3 is 2.67 bits per heavy atom. The number of hydrogen-bond acceptors (Lipinski definition) is 4. The van der Waals surface area contributed by atoms with Gasteiger partial charge in [0.1, 0.15) is 0 Å². The van der Waals surface area contributed by atoms with E-state index in [1.165, 1.54) is 12.1 Å². The molecule has 80 valence electrons. The average Bonchev–Trinajstić information content (AvgIpc) is 2.17. The standard InChI is InChI=1S/C10H13N3O2/c1-8(11-12(2)3)9-5-4-6-10(7-9)13(14)15/h4-7H,1-3H3/b11-8+. The highest BCUT2D eigenvalue weighted by atomic mass is 16.6. The second-order valence-electron chi connectivity index (χ2n) is 3.34. The van der Waals surface area contributed by atoms with E-state index >= 15 is 0 Å². The van der Waals surface area contributed by atoms with E-state index in [9.17, 15) is 10.1 Å². The number of non-ortho nitro benzene ring substituents is 1. The second kappa shape index (κ2) is 4.54. The van der Waals surface area contributed by atoms with Crippen molar-refractivity contribution in [3.05, 3.63) is 39.9 Å². The molecule has 0 aromatic heterocycles. The fourth-order valence-corrected chi connectivity index (χ4v) is 1.20. The number of nitrogens with zero attached hydrogens (tertiary/aromatic N) is 3. The molecule has 0 aliphatic heterocycles. The fourth-order valence-electron chi connectivity index (χ4n) is 1.20. The monoisotopic (exact) mass is 207 g/mol. The van der Waals surface area contributed by atoms with Crippen molar-refractivity contribution in [2.24, 2.45) is 5.10 Å². The van der Waals surface area contributed by atoms with Crippen molar-refractivity contribution in [2.45, 2.75) is 6.92 Å². The summed E-state index contributed by atoms with van der Waals surface area (Å²) in [4.78, 5) is 10.1. The fraction of sp³-hybridized carbons (Fsp3) is 0.300. The van der Waals surface area contributed by atoms with Crippen molar-refractivity contribution in [1.29, 1.82) is 0 Å². The zero-order valence-electron chi connectivity index (χ0n) is 8.97. The lowest BCUT2D eigenvalue weighted by molar-refractivity contribution is -0.384. The number of hydrogen-bond donors (Lipinski definition) is 0. The minimum absolute atomic E-state index is 0.0841. The Kier molecular flexibility index (Phi) is 3.38. The van der Waals surface area contributed by atoms with Gasteiger partial charge in [-0.25, -0.2) is 0 Å². The molecular weight excluding hydrogens is 194 g/mol. The summed E-state index contributed by atoms with van der Waals surface area (Å²) in [6.07, 6.45) is 0. The van der Waals surface area contributed by atoms with Crippen molar-refractivity contribution in [1.82, 2.24) is 5.01 Å². The van der Waals surface area contributed by atoms with Gasteiger partial charge >= 0.3 is 0 Å². The molecule has 0 radical (unpaired) electrons. The third-order valence-electron chi connectivity index (χ3n) is 1.82. The van der Waals surface area contributed by atoms with Crippen LogP contribution >= 0.6 is 0 Å². The summed E-state index contributed by atoms with van der Waals surface area (Å²) in [7, 11) is 3.61. The van der Waals surface area contributed by atoms with Gasteiger partial charge in [-0.05, 0) is 6.92 Å². The maximum Gasteiger partial charge on any atom is 0.270 e. The number of hydrazone groups is 1. The molecule has 1 aromatic carbocycles. The van der Waals surface area contributed by atoms with E-state index in [0.717, 1.165) is 11.3 Å². The lowest BCUT2D eigenvalue weighted by Crippen LogP contribution is -2.07. The summed E-state index contributed by atoms with van der Waals surface area (Å²) in [6.45, 7) is 1.82. The van der Waals surface area contributed by atoms with E-state index in [0.29, 0.717) is 0 Å². The van der Waals surface area contributed by atoms with Gasteiger partial charge in [-0.1, -0.05) is 12.1 Å². The molecule has 5 heteroatoms. The van der Waals surface area contributed by atoms with Gasteiger partial charge in [0, 0.05) is 31.8 Å². The van der Waals surface area contributed by atoms with Crippen LogP contribution in [0.5, 0.6) is 0 Å². The lowest BCUT2D eigenvalue weighted by Gasteiger charge is -2.06. The molecule has 0 N–H and O–H groups in total. The Morgan fingerprint density at radius 1 is 1.47 bits per heavy atom. The molecular formula is C10H13N3O2. The van der Waals surface area contributed by atoms with E-state index in [1.54, 1.807) is 31.2 Å². The van der Waals surface area contributed by atoms with Crippen LogP contribution in [0.15, 0.2) is 29.4 Å². The minimum Gasteiger partial charge on any atom is -0.303 e. The molecule has 0 aliphatic carbocycles. The molecule has 0 aliphatic rings. The first-order chi connectivity index (χ1) is 7.00. The normalized spacial score (nSPS) is 11.3. The summed E-state index contributed by atoms with van der Waals surface area (Å²) in [5.41, 5.74) is 1.60. The van der Waals surface area contributed by atoms with Crippen molar-refractivity contribution < 1.29 is 4.92 Å². The first-order valence-electron chi connectivity index (χ1n) is 4.48. The number of rotatable bonds is 3. The first-order valence-corrected chi connectivity index (χ1v) is 4.48. The highest BCUT2D eigenvalue weighted by Crippen LogP contribution is 2.13. The molecule has 0 atom stereocenters. The van der Waals surface area contributed by atoms with Crippen LogP contribution in [0, 0.1) is 10.1 Å². The third-order valence-corrected chi connectivity index (χ3v) is 1.82. The van der Waals surface area contributed by atoms with Crippen molar-refractivity contribution in [3.63, 3.8) is 0 Å². The summed E-state index contributed by atoms with van der Waals surface area (Å²) in [5.74, 6) is 0. The Morgan fingerprint density at radius 2 is 2.13 bits per heavy atom. The summed E-state index contributed by atoms with van der Waals surface area (Å²) in [6, 6.07) is 6.44. The molecule has 1 aromatic rings. The summed E-state index contributed by atoms with van der Waals surface area (Å²) >= 11 is 0. The summed E-state index contributed by atoms with van der Waals surface area (Å²) < 4.78 is 0. The average molecular weight is 207 g/mol. The highest BCUT2D eigenvalue weighted by Gasteiger charge is 2.07. The summed E-state index contributed by atoms with van der Waals surface area (Å²) in [5, 5.41) is 16.4. The zero-order valence-corrected chi connectivity index (χ0v) is 8.97. The van der Waals surface area contributed by atoms with Crippen molar-refractivity contribution in [3.8, 4) is 0 Å². The van der Waals surface area contributed by atoms with Crippen LogP contribution < -0.4 is 0 Å². The first kappa shape index (κ1) is 11.2. The Labute approximate surface area is 88.2 Å². The van der Waals surface area contributed by atoms with Gasteiger partial charge in [-0.15, -0.1) is 0 Å². The highest BCUT2D eigenvalue weighted by molar-refractivity contribution is 5.98. The number of nitro benzene ring substituents is 1. The molecule has 5 nitrogen and oxygen atoms in total. The van der Waals surface area contributed by atoms with Gasteiger partial charge in [0.2, 0.25) is 0 Å². The predicted molar refractivity (Wildman–Crippen MR) is 59.0 cm³/mol. The maximum atomic E-state index is 10.6. The SMILES string of the molecule is C/C(=N\N(C)C)c1cccc([N+](=O)[O-])c1. The molecule has 0 heterocycles. The Hall–Kier alpha value is -1.91. The Bertz CT molecular complexity index is 399. The van der Waals surface area contributed by atoms with Crippen molar-refractivity contribution >= 4 is 11.4 Å². The van der Waals surface area contributed by atoms with E-state index in [2.05, 4.69) is 5.10 Å². The molecule has 0 saturated carbocycles. The van der Waals surface area contributed by atoms with Gasteiger partial charge < -0.3 is 5.01 Å². The smallest absolute Gasteiger partial charge is 0.270 e.